The van der Waals surface area contributed by atoms with Crippen LogP contribution in [0.4, 0.5) is 5.69 Å². The maximum atomic E-state index is 13.1. The summed E-state index contributed by atoms with van der Waals surface area (Å²) in [4.78, 5) is 2.84. The van der Waals surface area contributed by atoms with E-state index >= 15 is 0 Å². The van der Waals surface area contributed by atoms with Crippen LogP contribution in [0.3, 0.4) is 0 Å². The normalized spacial score (nSPS) is 32.2. The Bertz CT molecular complexity index is 1120. The Morgan fingerprint density at radius 1 is 1.03 bits per heavy atom. The number of nitrogens with two attached hydrogens (primary N) is 1. The van der Waals surface area contributed by atoms with E-state index in [1.54, 1.807) is 10.4 Å². The Hall–Kier alpha value is -1.63. The van der Waals surface area contributed by atoms with Gasteiger partial charge in [-0.3, -0.25) is 4.31 Å². The zero-order chi connectivity index (χ0) is 22.8. The summed E-state index contributed by atoms with van der Waals surface area (Å²) in [6.07, 6.45) is 10.3. The highest BCUT2D eigenvalue weighted by Gasteiger charge is 2.53. The van der Waals surface area contributed by atoms with Gasteiger partial charge in [0.1, 0.15) is 0 Å². The van der Waals surface area contributed by atoms with Crippen molar-refractivity contribution >= 4 is 26.5 Å². The maximum Gasteiger partial charge on any atom is 0.265 e. The summed E-state index contributed by atoms with van der Waals surface area (Å²) in [6.45, 7) is 2.45. The first-order chi connectivity index (χ1) is 15.9. The lowest BCUT2D eigenvalue weighted by atomic mass is 9.48. The van der Waals surface area contributed by atoms with Crippen molar-refractivity contribution in [3.05, 3.63) is 36.4 Å². The second kappa shape index (κ2) is 7.96. The Morgan fingerprint density at radius 3 is 2.33 bits per heavy atom. The minimum atomic E-state index is -3.44. The van der Waals surface area contributed by atoms with E-state index in [1.165, 1.54) is 38.5 Å². The van der Waals surface area contributed by atoms with Gasteiger partial charge in [-0.2, -0.15) is 0 Å². The number of anilines is 1. The van der Waals surface area contributed by atoms with E-state index in [4.69, 9.17) is 5.73 Å². The molecule has 4 aliphatic carbocycles. The van der Waals surface area contributed by atoms with Crippen molar-refractivity contribution in [3.63, 3.8) is 0 Å². The summed E-state index contributed by atoms with van der Waals surface area (Å²) in [5.74, 6) is 2.80. The molecule has 0 amide bonds. The number of rotatable bonds is 8. The molecule has 4 fully saturated rings. The molecule has 1 atom stereocenters. The van der Waals surface area contributed by atoms with Crippen molar-refractivity contribution in [2.45, 2.75) is 62.3 Å². The van der Waals surface area contributed by atoms with E-state index in [9.17, 15) is 8.42 Å². The third-order valence-corrected chi connectivity index (χ3v) is 11.1. The first kappa shape index (κ1) is 21.9. The maximum absolute atomic E-state index is 13.1. The molecular weight excluding hydrogens is 430 g/mol. The van der Waals surface area contributed by atoms with Crippen LogP contribution in [0, 0.1) is 23.2 Å². The predicted molar refractivity (Wildman–Crippen MR) is 134 cm³/mol. The molecule has 6 heteroatoms. The summed E-state index contributed by atoms with van der Waals surface area (Å²) >= 11 is 0. The van der Waals surface area contributed by atoms with Gasteiger partial charge in [-0.15, -0.1) is 0 Å². The fourth-order valence-corrected chi connectivity index (χ4v) is 9.84. The Balaban J connectivity index is 1.04. The summed E-state index contributed by atoms with van der Waals surface area (Å²) < 4.78 is 27.9. The van der Waals surface area contributed by atoms with Crippen molar-refractivity contribution < 1.29 is 8.42 Å². The number of unbranched alkanes of at least 4 members (excludes halogenated alkanes) is 1. The van der Waals surface area contributed by atoms with E-state index in [1.807, 2.05) is 30.3 Å². The Labute approximate surface area is 198 Å². The van der Waals surface area contributed by atoms with Crippen LogP contribution in [0.15, 0.2) is 41.3 Å². The molecule has 2 aromatic carbocycles. The number of likely N-dealkylation sites (N-methyl/N-ethyl adjacent to an activating group) is 1. The van der Waals surface area contributed by atoms with Crippen LogP contribution in [0.25, 0.3) is 10.8 Å². The van der Waals surface area contributed by atoms with Crippen molar-refractivity contribution in [1.82, 2.24) is 4.90 Å². The molecule has 7 rings (SSSR count). The van der Waals surface area contributed by atoms with E-state index in [0.29, 0.717) is 16.9 Å². The molecule has 178 valence electrons. The van der Waals surface area contributed by atoms with Crippen molar-refractivity contribution in [1.29, 1.82) is 0 Å². The Morgan fingerprint density at radius 2 is 1.67 bits per heavy atom. The lowest BCUT2D eigenvalue weighted by Crippen LogP contribution is -2.57. The van der Waals surface area contributed by atoms with Crippen LogP contribution in [-0.4, -0.2) is 46.0 Å². The quantitative estimate of drug-likeness (QED) is 0.576. The van der Waals surface area contributed by atoms with Crippen LogP contribution < -0.4 is 10.0 Å². The smallest absolute Gasteiger partial charge is 0.265 e. The second-order valence-electron chi connectivity index (χ2n) is 11.6. The number of hydrogen-bond donors (Lipinski definition) is 1. The molecule has 0 radical (unpaired) electrons. The van der Waals surface area contributed by atoms with Crippen molar-refractivity contribution in [2.24, 2.45) is 28.9 Å². The van der Waals surface area contributed by atoms with E-state index in [2.05, 4.69) is 11.9 Å². The molecule has 0 spiro atoms. The first-order valence-electron chi connectivity index (χ1n) is 12.8. The zero-order valence-electron chi connectivity index (χ0n) is 19.7. The molecule has 5 nitrogen and oxygen atoms in total. The van der Waals surface area contributed by atoms with Gasteiger partial charge in [0.25, 0.3) is 10.0 Å². The SMILES string of the molecule is CN(CCCCN1c2cccc3cccc(c23)S1(=O)=O)C[C@H](N)C12CC3CC(CC(C3)C1)C2. The van der Waals surface area contributed by atoms with Crippen LogP contribution in [0.1, 0.15) is 51.4 Å². The summed E-state index contributed by atoms with van der Waals surface area (Å²) in [6, 6.07) is 11.7. The average Bonchev–Trinajstić information content (AvgIpc) is 2.98. The lowest BCUT2D eigenvalue weighted by molar-refractivity contribution is -0.0706. The summed E-state index contributed by atoms with van der Waals surface area (Å²) in [5, 5.41) is 1.87. The molecule has 4 saturated carbocycles. The molecule has 1 aliphatic heterocycles. The lowest BCUT2D eigenvalue weighted by Gasteiger charge is -2.59. The monoisotopic (exact) mass is 467 g/mol. The van der Waals surface area contributed by atoms with Gasteiger partial charge in [-0.25, -0.2) is 8.42 Å². The molecule has 5 aliphatic rings. The van der Waals surface area contributed by atoms with Crippen molar-refractivity contribution in [3.8, 4) is 0 Å². The first-order valence-corrected chi connectivity index (χ1v) is 14.3. The summed E-state index contributed by atoms with van der Waals surface area (Å²) in [5.41, 5.74) is 8.10. The van der Waals surface area contributed by atoms with Gasteiger partial charge < -0.3 is 10.6 Å². The molecule has 33 heavy (non-hydrogen) atoms. The standard InChI is InChI=1S/C27H37N3O2S/c1-29(18-25(28)27-15-19-12-20(16-27)14-21(13-19)17-27)10-2-3-11-30-23-8-4-6-22-7-5-9-24(26(22)23)33(30,31)32/h4-9,19-21,25H,2-3,10-18,28H2,1H3/t19?,20?,21?,25-,27?/m0/s1. The van der Waals surface area contributed by atoms with Gasteiger partial charge in [0.05, 0.1) is 10.6 Å². The molecule has 1 heterocycles. The topological polar surface area (TPSA) is 66.6 Å². The minimum Gasteiger partial charge on any atom is -0.326 e. The van der Waals surface area contributed by atoms with Crippen LogP contribution >= 0.6 is 0 Å². The highest BCUT2D eigenvalue weighted by molar-refractivity contribution is 7.93. The molecule has 0 unspecified atom stereocenters. The van der Waals surface area contributed by atoms with Crippen LogP contribution in [0.2, 0.25) is 0 Å². The van der Waals surface area contributed by atoms with Gasteiger partial charge in [0, 0.05) is 24.5 Å². The molecule has 2 aromatic rings. The average molecular weight is 468 g/mol. The molecule has 2 N–H and O–H groups in total. The van der Waals surface area contributed by atoms with Gasteiger partial charge in [-0.1, -0.05) is 24.3 Å². The number of nitrogens with zero attached hydrogens (tertiary/aromatic N) is 2. The van der Waals surface area contributed by atoms with Gasteiger partial charge in [0.2, 0.25) is 0 Å². The Kier molecular flexibility index (Phi) is 5.28. The largest absolute Gasteiger partial charge is 0.326 e. The zero-order valence-corrected chi connectivity index (χ0v) is 20.6. The number of sulfonamides is 1. The molecule has 0 saturated heterocycles. The number of benzene rings is 2. The van der Waals surface area contributed by atoms with Gasteiger partial charge in [-0.05, 0) is 106 Å². The van der Waals surface area contributed by atoms with E-state index < -0.39 is 10.0 Å². The molecule has 4 bridgehead atoms. The highest BCUT2D eigenvalue weighted by Crippen LogP contribution is 2.61. The third kappa shape index (κ3) is 3.60. The molecule has 0 aromatic heterocycles. The third-order valence-electron chi connectivity index (χ3n) is 9.21. The van der Waals surface area contributed by atoms with Gasteiger partial charge in [0.15, 0.2) is 0 Å². The second-order valence-corrected chi connectivity index (χ2v) is 13.4. The van der Waals surface area contributed by atoms with Crippen molar-refractivity contribution in [2.75, 3.05) is 31.0 Å². The van der Waals surface area contributed by atoms with Crippen LogP contribution in [-0.2, 0) is 10.0 Å². The summed E-state index contributed by atoms with van der Waals surface area (Å²) in [7, 11) is -1.26. The minimum absolute atomic E-state index is 0.266. The fraction of sp³-hybridized carbons (Fsp3) is 0.630. The van der Waals surface area contributed by atoms with Gasteiger partial charge >= 0.3 is 0 Å². The van der Waals surface area contributed by atoms with Crippen LogP contribution in [0.5, 0.6) is 0 Å². The highest BCUT2D eigenvalue weighted by atomic mass is 32.2. The predicted octanol–water partition coefficient (Wildman–Crippen LogP) is 4.60. The molecular formula is C27H37N3O2S. The van der Waals surface area contributed by atoms with E-state index in [-0.39, 0.29) is 6.04 Å². The fourth-order valence-electron chi connectivity index (χ4n) is 8.09. The van der Waals surface area contributed by atoms with E-state index in [0.717, 1.165) is 60.1 Å². The number of hydrogen-bond acceptors (Lipinski definition) is 4.